The molecule has 178 valence electrons. The summed E-state index contributed by atoms with van der Waals surface area (Å²) >= 11 is 0. The summed E-state index contributed by atoms with van der Waals surface area (Å²) in [6.07, 6.45) is 6.12. The SMILES string of the molecule is OCCCN1CCN(C2CCC(N3CCN3c3ccc(Oc4ccccc4)cc3)CC2)CC1. The van der Waals surface area contributed by atoms with Gasteiger partial charge in [0.05, 0.1) is 5.69 Å². The van der Waals surface area contributed by atoms with Gasteiger partial charge in [-0.3, -0.25) is 4.90 Å². The molecule has 2 heterocycles. The van der Waals surface area contributed by atoms with Crippen molar-refractivity contribution >= 4 is 5.69 Å². The molecule has 0 unspecified atom stereocenters. The molecule has 6 heteroatoms. The molecule has 0 bridgehead atoms. The Labute approximate surface area is 198 Å². The van der Waals surface area contributed by atoms with Crippen molar-refractivity contribution < 1.29 is 9.84 Å². The molecule has 3 aliphatic rings. The molecule has 5 rings (SSSR count). The van der Waals surface area contributed by atoms with E-state index >= 15 is 0 Å². The van der Waals surface area contributed by atoms with E-state index in [2.05, 4.69) is 44.1 Å². The average molecular weight is 451 g/mol. The average Bonchev–Trinajstić information content (AvgIpc) is 2.85. The van der Waals surface area contributed by atoms with E-state index in [0.717, 1.165) is 50.1 Å². The number of hydrogen-bond acceptors (Lipinski definition) is 6. The van der Waals surface area contributed by atoms with E-state index in [4.69, 9.17) is 9.84 Å². The Morgan fingerprint density at radius 3 is 2.03 bits per heavy atom. The first-order valence-electron chi connectivity index (χ1n) is 12.7. The van der Waals surface area contributed by atoms with Crippen LogP contribution in [-0.2, 0) is 0 Å². The fourth-order valence-electron chi connectivity index (χ4n) is 5.65. The quantitative estimate of drug-likeness (QED) is 0.659. The molecule has 0 radical (unpaired) electrons. The number of piperazine rings is 1. The van der Waals surface area contributed by atoms with E-state index < -0.39 is 0 Å². The molecule has 1 N–H and O–H groups in total. The van der Waals surface area contributed by atoms with Gasteiger partial charge in [0.1, 0.15) is 11.5 Å². The first-order valence-corrected chi connectivity index (χ1v) is 12.7. The second kappa shape index (κ2) is 10.9. The van der Waals surface area contributed by atoms with Crippen LogP contribution in [0.4, 0.5) is 5.69 Å². The van der Waals surface area contributed by atoms with Crippen LogP contribution in [0.3, 0.4) is 0 Å². The number of ether oxygens (including phenoxy) is 1. The van der Waals surface area contributed by atoms with Gasteiger partial charge in [-0.1, -0.05) is 18.2 Å². The van der Waals surface area contributed by atoms with Gasteiger partial charge in [-0.15, -0.1) is 0 Å². The second-order valence-electron chi connectivity index (χ2n) is 9.61. The maximum Gasteiger partial charge on any atom is 0.127 e. The Morgan fingerprint density at radius 2 is 1.39 bits per heavy atom. The Morgan fingerprint density at radius 1 is 0.727 bits per heavy atom. The van der Waals surface area contributed by atoms with Gasteiger partial charge in [-0.2, -0.15) is 0 Å². The van der Waals surface area contributed by atoms with Crippen molar-refractivity contribution in [3.05, 3.63) is 54.6 Å². The van der Waals surface area contributed by atoms with E-state index in [1.807, 2.05) is 30.3 Å². The fourth-order valence-corrected chi connectivity index (χ4v) is 5.65. The number of anilines is 1. The third-order valence-electron chi connectivity index (χ3n) is 7.61. The van der Waals surface area contributed by atoms with Crippen molar-refractivity contribution in [2.45, 2.75) is 44.2 Å². The van der Waals surface area contributed by atoms with Crippen LogP contribution in [0, 0.1) is 0 Å². The van der Waals surface area contributed by atoms with Crippen LogP contribution in [0.1, 0.15) is 32.1 Å². The summed E-state index contributed by atoms with van der Waals surface area (Å²) in [6.45, 7) is 8.32. The number of nitrogens with zero attached hydrogens (tertiary/aromatic N) is 4. The monoisotopic (exact) mass is 450 g/mol. The predicted molar refractivity (Wildman–Crippen MR) is 133 cm³/mol. The summed E-state index contributed by atoms with van der Waals surface area (Å²) < 4.78 is 5.95. The highest BCUT2D eigenvalue weighted by Gasteiger charge is 2.36. The van der Waals surface area contributed by atoms with E-state index in [9.17, 15) is 0 Å². The lowest BCUT2D eigenvalue weighted by molar-refractivity contribution is 0.0344. The zero-order valence-corrected chi connectivity index (χ0v) is 19.7. The van der Waals surface area contributed by atoms with Crippen LogP contribution in [-0.4, -0.2) is 84.4 Å². The van der Waals surface area contributed by atoms with Crippen molar-refractivity contribution in [1.29, 1.82) is 0 Å². The van der Waals surface area contributed by atoms with E-state index in [0.29, 0.717) is 12.6 Å². The molecule has 6 nitrogen and oxygen atoms in total. The molecule has 3 fully saturated rings. The van der Waals surface area contributed by atoms with Gasteiger partial charge in [-0.25, -0.2) is 5.01 Å². The van der Waals surface area contributed by atoms with Gasteiger partial charge in [0, 0.05) is 64.5 Å². The first kappa shape index (κ1) is 22.7. The molecular weight excluding hydrogens is 412 g/mol. The van der Waals surface area contributed by atoms with Gasteiger partial charge in [0.15, 0.2) is 0 Å². The van der Waals surface area contributed by atoms with Crippen LogP contribution in [0.5, 0.6) is 11.5 Å². The third-order valence-corrected chi connectivity index (χ3v) is 7.61. The second-order valence-corrected chi connectivity index (χ2v) is 9.61. The number of hydrazine groups is 1. The van der Waals surface area contributed by atoms with Gasteiger partial charge in [0.25, 0.3) is 0 Å². The first-order chi connectivity index (χ1) is 16.3. The lowest BCUT2D eigenvalue weighted by Crippen LogP contribution is -2.62. The summed E-state index contributed by atoms with van der Waals surface area (Å²) in [4.78, 5) is 5.23. The largest absolute Gasteiger partial charge is 0.457 e. The molecule has 0 aromatic heterocycles. The van der Waals surface area contributed by atoms with Gasteiger partial charge < -0.3 is 19.8 Å². The molecule has 1 aliphatic carbocycles. The number of para-hydroxylation sites is 1. The van der Waals surface area contributed by atoms with Crippen LogP contribution in [0.25, 0.3) is 0 Å². The lowest BCUT2D eigenvalue weighted by Gasteiger charge is -2.52. The maximum atomic E-state index is 9.06. The van der Waals surface area contributed by atoms with Crippen molar-refractivity contribution in [2.75, 3.05) is 57.4 Å². The van der Waals surface area contributed by atoms with Crippen LogP contribution < -0.4 is 9.75 Å². The maximum absolute atomic E-state index is 9.06. The molecule has 2 aromatic rings. The number of hydrogen-bond donors (Lipinski definition) is 1. The molecule has 0 spiro atoms. The lowest BCUT2D eigenvalue weighted by atomic mass is 9.89. The van der Waals surface area contributed by atoms with Crippen LogP contribution in [0.15, 0.2) is 54.6 Å². The smallest absolute Gasteiger partial charge is 0.127 e. The standard InChI is InChI=1S/C27H38N4O2/c32-22-4-15-28-16-18-29(19-17-28)23-7-9-24(10-8-23)30-20-21-31(30)25-11-13-27(14-12-25)33-26-5-2-1-3-6-26/h1-3,5-6,11-14,23-24,32H,4,7-10,15-22H2. The van der Waals surface area contributed by atoms with Gasteiger partial charge in [-0.05, 0) is 68.5 Å². The summed E-state index contributed by atoms with van der Waals surface area (Å²) in [7, 11) is 0. The molecule has 1 saturated carbocycles. The van der Waals surface area contributed by atoms with Gasteiger partial charge >= 0.3 is 0 Å². The topological polar surface area (TPSA) is 42.4 Å². The Balaban J connectivity index is 1.09. The Hall–Kier alpha value is -2.12. The molecule has 0 amide bonds. The van der Waals surface area contributed by atoms with Crippen LogP contribution >= 0.6 is 0 Å². The molecule has 2 saturated heterocycles. The normalized spacial score (nSPS) is 25.1. The van der Waals surface area contributed by atoms with Crippen molar-refractivity contribution in [2.24, 2.45) is 0 Å². The molecular formula is C27H38N4O2. The minimum atomic E-state index is 0.309. The summed E-state index contributed by atoms with van der Waals surface area (Å²) in [5, 5.41) is 14.1. The number of aliphatic hydroxyl groups is 1. The van der Waals surface area contributed by atoms with Crippen LogP contribution in [0.2, 0.25) is 0 Å². The molecule has 2 aromatic carbocycles. The zero-order valence-electron chi connectivity index (χ0n) is 19.7. The molecule has 2 aliphatic heterocycles. The minimum absolute atomic E-state index is 0.309. The van der Waals surface area contributed by atoms with Crippen molar-refractivity contribution in [3.8, 4) is 11.5 Å². The number of rotatable bonds is 8. The number of aliphatic hydroxyl groups excluding tert-OH is 1. The zero-order chi connectivity index (χ0) is 22.5. The Kier molecular flexibility index (Phi) is 7.47. The van der Waals surface area contributed by atoms with Crippen molar-refractivity contribution in [1.82, 2.24) is 14.8 Å². The van der Waals surface area contributed by atoms with Gasteiger partial charge in [0.2, 0.25) is 0 Å². The molecule has 33 heavy (non-hydrogen) atoms. The van der Waals surface area contributed by atoms with E-state index in [-0.39, 0.29) is 0 Å². The van der Waals surface area contributed by atoms with E-state index in [1.165, 1.54) is 51.0 Å². The minimum Gasteiger partial charge on any atom is -0.457 e. The van der Waals surface area contributed by atoms with E-state index in [1.54, 1.807) is 0 Å². The Bertz CT molecular complexity index is 846. The number of benzene rings is 2. The summed E-state index contributed by atoms with van der Waals surface area (Å²) in [5.74, 6) is 1.76. The highest BCUT2D eigenvalue weighted by Crippen LogP contribution is 2.33. The summed E-state index contributed by atoms with van der Waals surface area (Å²) in [5.41, 5.74) is 1.27. The van der Waals surface area contributed by atoms with Crippen molar-refractivity contribution in [3.63, 3.8) is 0 Å². The highest BCUT2D eigenvalue weighted by molar-refractivity contribution is 5.50. The highest BCUT2D eigenvalue weighted by atomic mass is 16.5. The fraction of sp³-hybridized carbons (Fsp3) is 0.556. The predicted octanol–water partition coefficient (Wildman–Crippen LogP) is 3.83. The third kappa shape index (κ3) is 5.52. The molecule has 0 atom stereocenters. The summed E-state index contributed by atoms with van der Waals surface area (Å²) in [6, 6.07) is 19.9.